The molecule has 0 aliphatic carbocycles. The summed E-state index contributed by atoms with van der Waals surface area (Å²) in [5.74, 6) is -1.22. The molecule has 1 heterocycles. The maximum atomic E-state index is 11.3. The minimum atomic E-state index is -0.769. The first-order valence-corrected chi connectivity index (χ1v) is 6.73. The normalized spacial score (nSPS) is 12.3. The number of nitrogens with zero attached hydrogens (tertiary/aromatic N) is 1. The molecule has 1 aromatic carbocycles. The number of aryl methyl sites for hydroxylation is 2. The van der Waals surface area contributed by atoms with Crippen molar-refractivity contribution in [2.75, 3.05) is 0 Å². The fraction of sp³-hybridized carbons (Fsp3) is 0.286. The fourth-order valence-corrected chi connectivity index (χ4v) is 2.70. The number of hydrogen-bond donors (Lipinski definition) is 1. The lowest BCUT2D eigenvalue weighted by molar-refractivity contribution is -0.138. The highest BCUT2D eigenvalue weighted by atomic mass is 32.1. The molecule has 1 atom stereocenters. The number of thiazole rings is 1. The Bertz CT molecular complexity index is 522. The third kappa shape index (κ3) is 3.17. The molecule has 0 aliphatic rings. The van der Waals surface area contributed by atoms with E-state index >= 15 is 0 Å². The molecule has 0 spiro atoms. The van der Waals surface area contributed by atoms with Crippen molar-refractivity contribution in [1.29, 1.82) is 0 Å². The average molecular weight is 261 g/mol. The zero-order chi connectivity index (χ0) is 13.0. The van der Waals surface area contributed by atoms with Gasteiger partial charge in [-0.1, -0.05) is 30.3 Å². The van der Waals surface area contributed by atoms with Crippen LogP contribution in [-0.4, -0.2) is 16.1 Å². The van der Waals surface area contributed by atoms with Crippen LogP contribution in [0.15, 0.2) is 35.7 Å². The maximum absolute atomic E-state index is 11.3. The molecule has 18 heavy (non-hydrogen) atoms. The van der Waals surface area contributed by atoms with Crippen LogP contribution < -0.4 is 0 Å². The van der Waals surface area contributed by atoms with Crippen LogP contribution in [0.4, 0.5) is 0 Å². The van der Waals surface area contributed by atoms with Gasteiger partial charge in [-0.3, -0.25) is 4.79 Å². The minimum absolute atomic E-state index is 0.449. The second-order valence-electron chi connectivity index (χ2n) is 4.22. The second-order valence-corrected chi connectivity index (χ2v) is 5.17. The number of carboxylic acid groups (broad SMARTS) is 1. The zero-order valence-corrected chi connectivity index (χ0v) is 11.0. The largest absolute Gasteiger partial charge is 0.481 e. The van der Waals surface area contributed by atoms with Crippen molar-refractivity contribution in [2.45, 2.75) is 25.7 Å². The summed E-state index contributed by atoms with van der Waals surface area (Å²) in [6.07, 6.45) is 1.30. The van der Waals surface area contributed by atoms with E-state index in [2.05, 4.69) is 4.98 Å². The second kappa shape index (κ2) is 5.78. The Kier molecular flexibility index (Phi) is 4.10. The molecule has 0 aliphatic heterocycles. The molecule has 94 valence electrons. The van der Waals surface area contributed by atoms with Gasteiger partial charge in [0.25, 0.3) is 0 Å². The van der Waals surface area contributed by atoms with Crippen molar-refractivity contribution in [2.24, 2.45) is 0 Å². The number of hydrogen-bond acceptors (Lipinski definition) is 3. The molecule has 0 amide bonds. The molecular formula is C14H15NO2S. The van der Waals surface area contributed by atoms with Crippen molar-refractivity contribution in [3.05, 3.63) is 52.0 Å². The molecule has 0 saturated carbocycles. The molecule has 2 aromatic rings. The first-order valence-electron chi connectivity index (χ1n) is 5.85. The van der Waals surface area contributed by atoms with E-state index in [0.717, 1.165) is 16.3 Å². The van der Waals surface area contributed by atoms with E-state index in [9.17, 15) is 9.90 Å². The fourth-order valence-electron chi connectivity index (χ4n) is 1.90. The van der Waals surface area contributed by atoms with Crippen molar-refractivity contribution < 1.29 is 9.90 Å². The molecule has 0 saturated heterocycles. The van der Waals surface area contributed by atoms with E-state index in [-0.39, 0.29) is 0 Å². The van der Waals surface area contributed by atoms with Gasteiger partial charge in [0.1, 0.15) is 0 Å². The Morgan fingerprint density at radius 1 is 1.39 bits per heavy atom. The summed E-state index contributed by atoms with van der Waals surface area (Å²) in [5, 5.41) is 12.3. The summed E-state index contributed by atoms with van der Waals surface area (Å²) >= 11 is 1.59. The molecular weight excluding hydrogens is 246 g/mol. The quantitative estimate of drug-likeness (QED) is 0.898. The van der Waals surface area contributed by atoms with Crippen LogP contribution in [0.25, 0.3) is 0 Å². The summed E-state index contributed by atoms with van der Waals surface area (Å²) in [4.78, 5) is 15.7. The van der Waals surface area contributed by atoms with Crippen molar-refractivity contribution in [1.82, 2.24) is 4.98 Å². The number of aliphatic carboxylic acids is 1. The third-order valence-corrected chi connectivity index (χ3v) is 3.84. The molecule has 0 fully saturated rings. The predicted octanol–water partition coefficient (Wildman–Crippen LogP) is 3.25. The minimum Gasteiger partial charge on any atom is -0.481 e. The van der Waals surface area contributed by atoms with Gasteiger partial charge in [0.2, 0.25) is 0 Å². The Morgan fingerprint density at radius 2 is 2.11 bits per heavy atom. The monoisotopic (exact) mass is 261 g/mol. The highest BCUT2D eigenvalue weighted by Crippen LogP contribution is 2.23. The van der Waals surface area contributed by atoms with Gasteiger partial charge in [-0.2, -0.15) is 0 Å². The highest BCUT2D eigenvalue weighted by molar-refractivity contribution is 7.09. The number of benzene rings is 1. The van der Waals surface area contributed by atoms with Gasteiger partial charge in [-0.25, -0.2) is 4.98 Å². The van der Waals surface area contributed by atoms with Gasteiger partial charge >= 0.3 is 5.97 Å². The summed E-state index contributed by atoms with van der Waals surface area (Å²) in [5.41, 5.74) is 1.86. The summed E-state index contributed by atoms with van der Waals surface area (Å²) in [7, 11) is 0. The zero-order valence-electron chi connectivity index (χ0n) is 10.2. The number of carboxylic acids is 1. The van der Waals surface area contributed by atoms with Crippen LogP contribution in [0, 0.1) is 6.92 Å². The van der Waals surface area contributed by atoms with Crippen LogP contribution in [0.3, 0.4) is 0 Å². The molecule has 1 N–H and O–H groups in total. The first-order chi connectivity index (χ1) is 8.66. The van der Waals surface area contributed by atoms with Gasteiger partial charge < -0.3 is 5.11 Å². The Balaban J connectivity index is 2.06. The van der Waals surface area contributed by atoms with Crippen LogP contribution >= 0.6 is 11.3 Å². The molecule has 3 nitrogen and oxygen atoms in total. The van der Waals surface area contributed by atoms with Crippen molar-refractivity contribution in [3.63, 3.8) is 0 Å². The lowest BCUT2D eigenvalue weighted by atomic mass is 9.94. The third-order valence-electron chi connectivity index (χ3n) is 2.81. The number of aromatic nitrogens is 1. The first kappa shape index (κ1) is 12.8. The Labute approximate surface area is 110 Å². The summed E-state index contributed by atoms with van der Waals surface area (Å²) < 4.78 is 0. The van der Waals surface area contributed by atoms with Gasteiger partial charge in [-0.15, -0.1) is 11.3 Å². The topological polar surface area (TPSA) is 50.2 Å². The maximum Gasteiger partial charge on any atom is 0.310 e. The van der Waals surface area contributed by atoms with Gasteiger partial charge in [0.15, 0.2) is 0 Å². The Hall–Kier alpha value is -1.68. The van der Waals surface area contributed by atoms with E-state index in [1.807, 2.05) is 42.6 Å². The Morgan fingerprint density at radius 3 is 2.67 bits per heavy atom. The summed E-state index contributed by atoms with van der Waals surface area (Å²) in [6.45, 7) is 1.95. The van der Waals surface area contributed by atoms with E-state index in [1.165, 1.54) is 0 Å². The molecule has 0 bridgehead atoms. The van der Waals surface area contributed by atoms with Gasteiger partial charge in [-0.05, 0) is 18.9 Å². The van der Waals surface area contributed by atoms with E-state index in [0.29, 0.717) is 12.8 Å². The average Bonchev–Trinajstić information content (AvgIpc) is 2.76. The van der Waals surface area contributed by atoms with Crippen LogP contribution in [0.2, 0.25) is 0 Å². The van der Waals surface area contributed by atoms with Gasteiger partial charge in [0.05, 0.1) is 10.9 Å². The van der Waals surface area contributed by atoms with E-state index in [4.69, 9.17) is 0 Å². The smallest absolute Gasteiger partial charge is 0.310 e. The molecule has 0 radical (unpaired) electrons. The van der Waals surface area contributed by atoms with E-state index in [1.54, 1.807) is 11.3 Å². The van der Waals surface area contributed by atoms with Crippen LogP contribution in [0.5, 0.6) is 0 Å². The highest BCUT2D eigenvalue weighted by Gasteiger charge is 2.19. The van der Waals surface area contributed by atoms with Crippen molar-refractivity contribution in [3.8, 4) is 0 Å². The molecule has 1 unspecified atom stereocenters. The van der Waals surface area contributed by atoms with Gasteiger partial charge in [0, 0.05) is 17.5 Å². The number of carbonyl (C=O) groups is 1. The summed E-state index contributed by atoms with van der Waals surface area (Å²) in [6, 6.07) is 9.38. The SMILES string of the molecule is Cc1csc(CCC(C(=O)O)c2ccccc2)n1. The number of rotatable bonds is 5. The van der Waals surface area contributed by atoms with Crippen LogP contribution in [0.1, 0.15) is 28.6 Å². The lowest BCUT2D eigenvalue weighted by Gasteiger charge is -2.11. The predicted molar refractivity (Wildman–Crippen MR) is 72.0 cm³/mol. The molecule has 2 rings (SSSR count). The van der Waals surface area contributed by atoms with E-state index < -0.39 is 11.9 Å². The lowest BCUT2D eigenvalue weighted by Crippen LogP contribution is -2.12. The van der Waals surface area contributed by atoms with Crippen molar-refractivity contribution >= 4 is 17.3 Å². The molecule has 1 aromatic heterocycles. The standard InChI is InChI=1S/C14H15NO2S/c1-10-9-18-13(15-10)8-7-12(14(16)17)11-5-3-2-4-6-11/h2-6,9,12H,7-8H2,1H3,(H,16,17). The van der Waals surface area contributed by atoms with Crippen LogP contribution in [-0.2, 0) is 11.2 Å². The molecule has 4 heteroatoms.